The van der Waals surface area contributed by atoms with Gasteiger partial charge in [-0.05, 0) is 55.1 Å². The summed E-state index contributed by atoms with van der Waals surface area (Å²) < 4.78 is 12.9. The summed E-state index contributed by atoms with van der Waals surface area (Å²) in [6.07, 6.45) is 2.86. The van der Waals surface area contributed by atoms with Gasteiger partial charge >= 0.3 is 0 Å². The number of nitrogens with zero attached hydrogens (tertiary/aromatic N) is 1. The van der Waals surface area contributed by atoms with E-state index in [2.05, 4.69) is 34.5 Å². The molecule has 0 radical (unpaired) electrons. The Labute approximate surface area is 142 Å². The molecule has 1 unspecified atom stereocenters. The van der Waals surface area contributed by atoms with E-state index in [4.69, 9.17) is 0 Å². The molecule has 0 aliphatic heterocycles. The van der Waals surface area contributed by atoms with Crippen LogP contribution in [0.4, 0.5) is 4.39 Å². The second-order valence-electron chi connectivity index (χ2n) is 6.39. The summed E-state index contributed by atoms with van der Waals surface area (Å²) >= 11 is 0. The van der Waals surface area contributed by atoms with Crippen LogP contribution in [0.3, 0.4) is 0 Å². The SMILES string of the molecule is CN(CC(=O)NCCc1ccc(F)cc1)C1CCc2ccccc21. The summed E-state index contributed by atoms with van der Waals surface area (Å²) in [6.45, 7) is 0.960. The summed E-state index contributed by atoms with van der Waals surface area (Å²) in [4.78, 5) is 14.3. The number of hydrogen-bond acceptors (Lipinski definition) is 2. The zero-order valence-corrected chi connectivity index (χ0v) is 14.0. The Kier molecular flexibility index (Phi) is 5.26. The summed E-state index contributed by atoms with van der Waals surface area (Å²) in [5.74, 6) is -0.203. The topological polar surface area (TPSA) is 32.3 Å². The number of carbonyl (C=O) groups is 1. The molecular formula is C20H23FN2O. The molecule has 4 heteroatoms. The van der Waals surface area contributed by atoms with Crippen LogP contribution in [0.25, 0.3) is 0 Å². The molecule has 0 spiro atoms. The average Bonchev–Trinajstić information content (AvgIpc) is 3.01. The van der Waals surface area contributed by atoms with Crippen molar-refractivity contribution in [3.63, 3.8) is 0 Å². The van der Waals surface area contributed by atoms with Gasteiger partial charge in [-0.2, -0.15) is 0 Å². The van der Waals surface area contributed by atoms with E-state index >= 15 is 0 Å². The van der Waals surface area contributed by atoms with Gasteiger partial charge in [0.2, 0.25) is 5.91 Å². The van der Waals surface area contributed by atoms with Crippen molar-refractivity contribution in [2.45, 2.75) is 25.3 Å². The molecule has 126 valence electrons. The molecule has 3 nitrogen and oxygen atoms in total. The Morgan fingerprint density at radius 2 is 1.96 bits per heavy atom. The number of fused-ring (bicyclic) bond motifs is 1. The van der Waals surface area contributed by atoms with Crippen LogP contribution in [0.15, 0.2) is 48.5 Å². The lowest BCUT2D eigenvalue weighted by Crippen LogP contribution is -2.37. The van der Waals surface area contributed by atoms with E-state index in [-0.39, 0.29) is 11.7 Å². The van der Waals surface area contributed by atoms with Gasteiger partial charge < -0.3 is 5.32 Å². The number of amides is 1. The highest BCUT2D eigenvalue weighted by atomic mass is 19.1. The fourth-order valence-electron chi connectivity index (χ4n) is 3.38. The molecule has 1 aliphatic carbocycles. The zero-order chi connectivity index (χ0) is 16.9. The third-order valence-corrected chi connectivity index (χ3v) is 4.68. The van der Waals surface area contributed by atoms with Crippen molar-refractivity contribution in [2.24, 2.45) is 0 Å². The van der Waals surface area contributed by atoms with Gasteiger partial charge in [-0.3, -0.25) is 9.69 Å². The second-order valence-corrected chi connectivity index (χ2v) is 6.39. The minimum Gasteiger partial charge on any atom is -0.355 e. The van der Waals surface area contributed by atoms with E-state index in [9.17, 15) is 9.18 Å². The first-order valence-corrected chi connectivity index (χ1v) is 8.42. The molecule has 0 fully saturated rings. The van der Waals surface area contributed by atoms with E-state index in [1.54, 1.807) is 12.1 Å². The first-order chi connectivity index (χ1) is 11.6. The summed E-state index contributed by atoms with van der Waals surface area (Å²) in [6, 6.07) is 15.2. The van der Waals surface area contributed by atoms with Crippen LogP contribution in [0, 0.1) is 5.82 Å². The normalized spacial score (nSPS) is 16.2. The molecule has 0 aromatic heterocycles. The number of benzene rings is 2. The molecule has 1 amide bonds. The Morgan fingerprint density at radius 1 is 1.21 bits per heavy atom. The minimum absolute atomic E-state index is 0.0315. The summed E-state index contributed by atoms with van der Waals surface area (Å²) in [7, 11) is 2.01. The molecule has 2 aromatic carbocycles. The van der Waals surface area contributed by atoms with Crippen molar-refractivity contribution >= 4 is 5.91 Å². The number of rotatable bonds is 6. The predicted molar refractivity (Wildman–Crippen MR) is 93.2 cm³/mol. The zero-order valence-electron chi connectivity index (χ0n) is 14.0. The fourth-order valence-corrected chi connectivity index (χ4v) is 3.38. The molecule has 0 saturated carbocycles. The number of carbonyl (C=O) groups excluding carboxylic acids is 1. The van der Waals surface area contributed by atoms with Crippen LogP contribution >= 0.6 is 0 Å². The number of likely N-dealkylation sites (N-methyl/N-ethyl adjacent to an activating group) is 1. The molecule has 1 atom stereocenters. The number of aryl methyl sites for hydroxylation is 1. The highest BCUT2D eigenvalue weighted by molar-refractivity contribution is 5.78. The van der Waals surface area contributed by atoms with Crippen LogP contribution in [-0.2, 0) is 17.6 Å². The van der Waals surface area contributed by atoms with Gasteiger partial charge in [0.15, 0.2) is 0 Å². The molecule has 1 aliphatic rings. The smallest absolute Gasteiger partial charge is 0.234 e. The summed E-state index contributed by atoms with van der Waals surface area (Å²) in [5.41, 5.74) is 3.76. The first kappa shape index (κ1) is 16.7. The van der Waals surface area contributed by atoms with Crippen molar-refractivity contribution in [3.05, 3.63) is 71.0 Å². The Morgan fingerprint density at radius 3 is 2.75 bits per heavy atom. The molecule has 0 bridgehead atoms. The molecule has 3 rings (SSSR count). The van der Waals surface area contributed by atoms with Gasteiger partial charge in [0.05, 0.1) is 6.54 Å². The van der Waals surface area contributed by atoms with E-state index in [1.165, 1.54) is 23.3 Å². The van der Waals surface area contributed by atoms with Crippen LogP contribution < -0.4 is 5.32 Å². The lowest BCUT2D eigenvalue weighted by Gasteiger charge is -2.24. The average molecular weight is 326 g/mol. The van der Waals surface area contributed by atoms with Gasteiger partial charge in [0, 0.05) is 12.6 Å². The van der Waals surface area contributed by atoms with Crippen LogP contribution in [0.2, 0.25) is 0 Å². The Bertz CT molecular complexity index is 699. The monoisotopic (exact) mass is 326 g/mol. The number of halogens is 1. The maximum atomic E-state index is 12.9. The molecule has 0 heterocycles. The van der Waals surface area contributed by atoms with E-state index in [1.807, 2.05) is 7.05 Å². The lowest BCUT2D eigenvalue weighted by molar-refractivity contribution is -0.122. The maximum Gasteiger partial charge on any atom is 0.234 e. The van der Waals surface area contributed by atoms with Gasteiger partial charge in [0.25, 0.3) is 0 Å². The second kappa shape index (κ2) is 7.58. The van der Waals surface area contributed by atoms with Crippen molar-refractivity contribution < 1.29 is 9.18 Å². The first-order valence-electron chi connectivity index (χ1n) is 8.42. The van der Waals surface area contributed by atoms with E-state index < -0.39 is 0 Å². The molecule has 1 N–H and O–H groups in total. The standard InChI is InChI=1S/C20H23FN2O/c1-23(19-11-8-16-4-2-3-5-18(16)19)14-20(24)22-13-12-15-6-9-17(21)10-7-15/h2-7,9-10,19H,8,11-14H2,1H3,(H,22,24). The van der Waals surface area contributed by atoms with E-state index in [0.717, 1.165) is 18.4 Å². The van der Waals surface area contributed by atoms with Crippen molar-refractivity contribution in [2.75, 3.05) is 20.1 Å². The number of nitrogens with one attached hydrogen (secondary N) is 1. The van der Waals surface area contributed by atoms with Gasteiger partial charge in [0.1, 0.15) is 5.82 Å². The van der Waals surface area contributed by atoms with Crippen LogP contribution in [-0.4, -0.2) is 30.9 Å². The predicted octanol–water partition coefficient (Wildman–Crippen LogP) is 3.10. The quantitative estimate of drug-likeness (QED) is 0.885. The highest BCUT2D eigenvalue weighted by Gasteiger charge is 2.26. The van der Waals surface area contributed by atoms with Crippen molar-refractivity contribution in [1.29, 1.82) is 0 Å². The minimum atomic E-state index is -0.235. The third kappa shape index (κ3) is 4.01. The Balaban J connectivity index is 1.46. The van der Waals surface area contributed by atoms with Crippen molar-refractivity contribution in [3.8, 4) is 0 Å². The van der Waals surface area contributed by atoms with Crippen LogP contribution in [0.1, 0.15) is 29.2 Å². The van der Waals surface area contributed by atoms with Gasteiger partial charge in [-0.1, -0.05) is 36.4 Å². The maximum absolute atomic E-state index is 12.9. The van der Waals surface area contributed by atoms with Crippen molar-refractivity contribution in [1.82, 2.24) is 10.2 Å². The number of hydrogen-bond donors (Lipinski definition) is 1. The largest absolute Gasteiger partial charge is 0.355 e. The molecular weight excluding hydrogens is 303 g/mol. The molecule has 2 aromatic rings. The molecule has 0 saturated heterocycles. The Hall–Kier alpha value is -2.20. The summed E-state index contributed by atoms with van der Waals surface area (Å²) in [5, 5.41) is 2.95. The lowest BCUT2D eigenvalue weighted by atomic mass is 10.1. The van der Waals surface area contributed by atoms with Crippen LogP contribution in [0.5, 0.6) is 0 Å². The third-order valence-electron chi connectivity index (χ3n) is 4.68. The van der Waals surface area contributed by atoms with Gasteiger partial charge in [-0.15, -0.1) is 0 Å². The van der Waals surface area contributed by atoms with E-state index in [0.29, 0.717) is 25.6 Å². The van der Waals surface area contributed by atoms with Gasteiger partial charge in [-0.25, -0.2) is 4.39 Å². The fraction of sp³-hybridized carbons (Fsp3) is 0.350. The molecule has 24 heavy (non-hydrogen) atoms. The highest BCUT2D eigenvalue weighted by Crippen LogP contribution is 2.34.